The van der Waals surface area contributed by atoms with Crippen molar-refractivity contribution in [3.8, 4) is 0 Å². The number of hydrogen-bond acceptors (Lipinski definition) is 1. The standard InChI is InChI=1S/C14H24N2/c1-4-5-14-15-6-7-16(14)13-9-11(2)8-12(3)10-13/h6-7,11-13H,4-5,8-10H2,1-3H3. The van der Waals surface area contributed by atoms with Crippen LogP contribution in [0.4, 0.5) is 0 Å². The average molecular weight is 220 g/mol. The lowest BCUT2D eigenvalue weighted by atomic mass is 9.80. The van der Waals surface area contributed by atoms with Crippen molar-refractivity contribution in [2.75, 3.05) is 0 Å². The van der Waals surface area contributed by atoms with Crippen LogP contribution in [0.15, 0.2) is 12.4 Å². The van der Waals surface area contributed by atoms with E-state index in [2.05, 4.69) is 36.5 Å². The van der Waals surface area contributed by atoms with Crippen LogP contribution in [0.3, 0.4) is 0 Å². The van der Waals surface area contributed by atoms with Gasteiger partial charge in [-0.2, -0.15) is 0 Å². The molecule has 2 nitrogen and oxygen atoms in total. The topological polar surface area (TPSA) is 17.8 Å². The summed E-state index contributed by atoms with van der Waals surface area (Å²) in [5, 5.41) is 0. The first kappa shape index (κ1) is 11.7. The summed E-state index contributed by atoms with van der Waals surface area (Å²) in [6.45, 7) is 7.00. The minimum absolute atomic E-state index is 0.697. The summed E-state index contributed by atoms with van der Waals surface area (Å²) < 4.78 is 2.44. The molecule has 1 aliphatic carbocycles. The lowest BCUT2D eigenvalue weighted by Gasteiger charge is -2.33. The van der Waals surface area contributed by atoms with Gasteiger partial charge in [0, 0.05) is 24.9 Å². The van der Waals surface area contributed by atoms with E-state index in [1.165, 1.54) is 31.5 Å². The van der Waals surface area contributed by atoms with Crippen molar-refractivity contribution in [1.29, 1.82) is 0 Å². The Bertz CT molecular complexity index is 319. The number of nitrogens with zero attached hydrogens (tertiary/aromatic N) is 2. The summed E-state index contributed by atoms with van der Waals surface area (Å²) >= 11 is 0. The zero-order chi connectivity index (χ0) is 11.5. The molecule has 0 bridgehead atoms. The van der Waals surface area contributed by atoms with Crippen LogP contribution in [0, 0.1) is 11.8 Å². The van der Waals surface area contributed by atoms with Gasteiger partial charge in [-0.3, -0.25) is 0 Å². The summed E-state index contributed by atoms with van der Waals surface area (Å²) in [7, 11) is 0. The fourth-order valence-electron chi connectivity index (χ4n) is 3.23. The highest BCUT2D eigenvalue weighted by Gasteiger charge is 2.25. The first-order valence-electron chi connectivity index (χ1n) is 6.72. The van der Waals surface area contributed by atoms with E-state index in [-0.39, 0.29) is 0 Å². The van der Waals surface area contributed by atoms with E-state index in [0.29, 0.717) is 6.04 Å². The van der Waals surface area contributed by atoms with E-state index in [4.69, 9.17) is 0 Å². The van der Waals surface area contributed by atoms with Crippen LogP contribution in [0.5, 0.6) is 0 Å². The Morgan fingerprint density at radius 1 is 1.25 bits per heavy atom. The number of aromatic nitrogens is 2. The molecule has 0 N–H and O–H groups in total. The highest BCUT2D eigenvalue weighted by molar-refractivity contribution is 4.97. The fourth-order valence-corrected chi connectivity index (χ4v) is 3.23. The zero-order valence-electron chi connectivity index (χ0n) is 10.8. The molecule has 2 atom stereocenters. The van der Waals surface area contributed by atoms with E-state index in [9.17, 15) is 0 Å². The molecule has 90 valence electrons. The van der Waals surface area contributed by atoms with Crippen LogP contribution in [0.2, 0.25) is 0 Å². The van der Waals surface area contributed by atoms with Gasteiger partial charge in [0.2, 0.25) is 0 Å². The van der Waals surface area contributed by atoms with Gasteiger partial charge in [-0.15, -0.1) is 0 Å². The third-order valence-corrected chi connectivity index (χ3v) is 3.77. The molecule has 1 saturated carbocycles. The fraction of sp³-hybridized carbons (Fsp3) is 0.786. The van der Waals surface area contributed by atoms with Gasteiger partial charge in [0.1, 0.15) is 5.82 Å². The lowest BCUT2D eigenvalue weighted by Crippen LogP contribution is -2.23. The molecular formula is C14H24N2. The van der Waals surface area contributed by atoms with Crippen molar-refractivity contribution in [3.63, 3.8) is 0 Å². The van der Waals surface area contributed by atoms with Gasteiger partial charge in [0.15, 0.2) is 0 Å². The van der Waals surface area contributed by atoms with Crippen molar-refractivity contribution >= 4 is 0 Å². The van der Waals surface area contributed by atoms with Crippen LogP contribution in [-0.4, -0.2) is 9.55 Å². The van der Waals surface area contributed by atoms with Crippen molar-refractivity contribution < 1.29 is 0 Å². The molecule has 0 aliphatic heterocycles. The Balaban J connectivity index is 2.13. The van der Waals surface area contributed by atoms with Crippen LogP contribution in [-0.2, 0) is 6.42 Å². The van der Waals surface area contributed by atoms with Gasteiger partial charge >= 0.3 is 0 Å². The molecule has 2 rings (SSSR count). The number of rotatable bonds is 3. The molecule has 0 spiro atoms. The average Bonchev–Trinajstić information content (AvgIpc) is 2.65. The third-order valence-electron chi connectivity index (χ3n) is 3.77. The Morgan fingerprint density at radius 3 is 2.56 bits per heavy atom. The van der Waals surface area contributed by atoms with Gasteiger partial charge in [-0.1, -0.05) is 20.8 Å². The first-order valence-corrected chi connectivity index (χ1v) is 6.72. The number of hydrogen-bond donors (Lipinski definition) is 0. The Hall–Kier alpha value is -0.790. The van der Waals surface area contributed by atoms with E-state index < -0.39 is 0 Å². The minimum Gasteiger partial charge on any atom is -0.332 e. The first-order chi connectivity index (χ1) is 7.70. The van der Waals surface area contributed by atoms with E-state index in [1.807, 2.05) is 6.20 Å². The summed E-state index contributed by atoms with van der Waals surface area (Å²) in [5.74, 6) is 3.02. The normalized spacial score (nSPS) is 30.6. The maximum Gasteiger partial charge on any atom is 0.108 e. The molecule has 0 amide bonds. The predicted octanol–water partition coefficient (Wildman–Crippen LogP) is 3.83. The quantitative estimate of drug-likeness (QED) is 0.757. The summed E-state index contributed by atoms with van der Waals surface area (Å²) in [6, 6.07) is 0.697. The van der Waals surface area contributed by atoms with Gasteiger partial charge < -0.3 is 4.57 Å². The highest BCUT2D eigenvalue weighted by Crippen LogP contribution is 2.36. The monoisotopic (exact) mass is 220 g/mol. The Morgan fingerprint density at radius 2 is 1.94 bits per heavy atom. The van der Waals surface area contributed by atoms with Gasteiger partial charge in [-0.25, -0.2) is 4.98 Å². The third kappa shape index (κ3) is 2.47. The number of aryl methyl sites for hydroxylation is 1. The van der Waals surface area contributed by atoms with Gasteiger partial charge in [-0.05, 0) is 37.5 Å². The summed E-state index contributed by atoms with van der Waals surface area (Å²) in [6.07, 6.45) is 10.5. The molecule has 1 fully saturated rings. The van der Waals surface area contributed by atoms with Crippen molar-refractivity contribution in [3.05, 3.63) is 18.2 Å². The molecule has 2 unspecified atom stereocenters. The molecule has 2 heteroatoms. The largest absolute Gasteiger partial charge is 0.332 e. The Kier molecular flexibility index (Phi) is 3.67. The molecule has 0 aromatic carbocycles. The molecule has 16 heavy (non-hydrogen) atoms. The van der Waals surface area contributed by atoms with Gasteiger partial charge in [0.05, 0.1) is 0 Å². The van der Waals surface area contributed by atoms with Crippen molar-refractivity contribution in [2.24, 2.45) is 11.8 Å². The minimum atomic E-state index is 0.697. The Labute approximate surface area is 99.1 Å². The van der Waals surface area contributed by atoms with Gasteiger partial charge in [0.25, 0.3) is 0 Å². The number of imidazole rings is 1. The lowest BCUT2D eigenvalue weighted by molar-refractivity contribution is 0.218. The van der Waals surface area contributed by atoms with Crippen molar-refractivity contribution in [1.82, 2.24) is 9.55 Å². The SMILES string of the molecule is CCCc1nccn1C1CC(C)CC(C)C1. The second kappa shape index (κ2) is 5.03. The summed E-state index contributed by atoms with van der Waals surface area (Å²) in [5.41, 5.74) is 0. The predicted molar refractivity (Wildman–Crippen MR) is 67.4 cm³/mol. The second-order valence-corrected chi connectivity index (χ2v) is 5.57. The molecule has 1 aromatic heterocycles. The summed E-state index contributed by atoms with van der Waals surface area (Å²) in [4.78, 5) is 4.49. The van der Waals surface area contributed by atoms with Crippen molar-refractivity contribution in [2.45, 2.75) is 58.9 Å². The maximum absolute atomic E-state index is 4.49. The van der Waals surface area contributed by atoms with Crippen LogP contribution in [0.25, 0.3) is 0 Å². The molecule has 1 aromatic rings. The van der Waals surface area contributed by atoms with Crippen LogP contribution in [0.1, 0.15) is 58.3 Å². The highest BCUT2D eigenvalue weighted by atomic mass is 15.1. The maximum atomic E-state index is 4.49. The van der Waals surface area contributed by atoms with Crippen LogP contribution >= 0.6 is 0 Å². The van der Waals surface area contributed by atoms with Crippen LogP contribution < -0.4 is 0 Å². The smallest absolute Gasteiger partial charge is 0.108 e. The van der Waals surface area contributed by atoms with E-state index >= 15 is 0 Å². The molecule has 1 aliphatic rings. The van der Waals surface area contributed by atoms with E-state index in [0.717, 1.165) is 18.3 Å². The molecule has 0 radical (unpaired) electrons. The molecule has 0 saturated heterocycles. The zero-order valence-corrected chi connectivity index (χ0v) is 10.8. The molecular weight excluding hydrogens is 196 g/mol. The second-order valence-electron chi connectivity index (χ2n) is 5.57. The van der Waals surface area contributed by atoms with E-state index in [1.54, 1.807) is 0 Å². The molecule has 1 heterocycles.